The van der Waals surface area contributed by atoms with Crippen LogP contribution in [0, 0.1) is 6.92 Å². The third-order valence-corrected chi connectivity index (χ3v) is 12.1. The zero-order chi connectivity index (χ0) is 39.3. The van der Waals surface area contributed by atoms with Crippen LogP contribution in [0.2, 0.25) is 5.02 Å². The number of amides is 2. The molecule has 2 amide bonds. The number of nitrogens with one attached hydrogen (secondary N) is 3. The van der Waals surface area contributed by atoms with Gasteiger partial charge in [-0.25, -0.2) is 13.4 Å². The number of likely N-dealkylation sites (tertiary alicyclic amines) is 1. The molecule has 14 heteroatoms. The Kier molecular flexibility index (Phi) is 16.4. The van der Waals surface area contributed by atoms with Crippen LogP contribution in [0.4, 0.5) is 23.1 Å². The van der Waals surface area contributed by atoms with Crippen LogP contribution in [-0.2, 0) is 19.4 Å². The molecule has 296 valence electrons. The average molecular weight is 784 g/mol. The lowest BCUT2D eigenvalue weighted by Crippen LogP contribution is -2.41. The fourth-order valence-electron chi connectivity index (χ4n) is 6.62. The van der Waals surface area contributed by atoms with E-state index < -0.39 is 15.1 Å². The largest absolute Gasteiger partial charge is 0.489 e. The molecular weight excluding hydrogens is 726 g/mol. The van der Waals surface area contributed by atoms with Gasteiger partial charge in [-0.2, -0.15) is 4.98 Å². The summed E-state index contributed by atoms with van der Waals surface area (Å²) in [6, 6.07) is 10.8. The van der Waals surface area contributed by atoms with Crippen molar-refractivity contribution in [3.05, 3.63) is 58.7 Å². The summed E-state index contributed by atoms with van der Waals surface area (Å²) in [4.78, 5) is 34.9. The van der Waals surface area contributed by atoms with Gasteiger partial charge in [-0.1, -0.05) is 55.8 Å². The molecule has 0 spiro atoms. The lowest BCUT2D eigenvalue weighted by molar-refractivity contribution is -0.122. The summed E-state index contributed by atoms with van der Waals surface area (Å²) >= 11 is 6.49. The summed E-state index contributed by atoms with van der Waals surface area (Å²) in [5.41, 5.74) is 8.59. The Morgan fingerprint density at radius 2 is 1.63 bits per heavy atom. The van der Waals surface area contributed by atoms with Crippen molar-refractivity contribution in [1.29, 1.82) is 0 Å². The van der Waals surface area contributed by atoms with Crippen LogP contribution >= 0.6 is 11.6 Å². The average Bonchev–Trinajstić information content (AvgIpc) is 3.11. The number of aryl methyl sites for hydroxylation is 1. The number of rotatable bonds is 21. The molecule has 0 radical (unpaired) electrons. The number of para-hydroxylation sites is 1. The molecule has 2 aromatic carbocycles. The first kappa shape index (κ1) is 42.8. The summed E-state index contributed by atoms with van der Waals surface area (Å²) in [6.45, 7) is 12.1. The number of piperidine rings is 1. The monoisotopic (exact) mass is 783 g/mol. The van der Waals surface area contributed by atoms with Gasteiger partial charge in [0, 0.05) is 13.0 Å². The first-order chi connectivity index (χ1) is 25.7. The van der Waals surface area contributed by atoms with Gasteiger partial charge < -0.3 is 26.4 Å². The van der Waals surface area contributed by atoms with Gasteiger partial charge in [0.2, 0.25) is 17.8 Å². The standard InChI is InChI=1S/C40H58ClN7O5S/c1-27(2)53-35-24-31(30-18-21-48(22-19-30)26-38(50)43-20-14-10-8-6-7-9-11-17-37(42)49)29(5)23-34(35)46-40-44-25-32(41)39(47-40)45-33-15-12-13-16-36(33)54(51,52)28(3)4/h12-13,15-16,23-25,27-28,30H,6-11,14,17-22,26H2,1-5H3,(H2,42,49)(H,43,50)(H2,44,45,46,47). The number of anilines is 4. The molecule has 5 N–H and O–H groups in total. The van der Waals surface area contributed by atoms with E-state index in [1.54, 1.807) is 38.1 Å². The van der Waals surface area contributed by atoms with Gasteiger partial charge in [0.05, 0.1) is 40.4 Å². The highest BCUT2D eigenvalue weighted by Gasteiger charge is 2.26. The summed E-state index contributed by atoms with van der Waals surface area (Å²) in [5, 5.41) is 9.14. The number of aromatic nitrogens is 2. The molecule has 54 heavy (non-hydrogen) atoms. The second kappa shape index (κ2) is 20.7. The number of carbonyl (C=O) groups excluding carboxylic acids is 2. The third-order valence-electron chi connectivity index (χ3n) is 9.61. The molecule has 12 nitrogen and oxygen atoms in total. The SMILES string of the molecule is Cc1cc(Nc2ncc(Cl)c(Nc3ccccc3S(=O)(=O)C(C)C)n2)c(OC(C)C)cc1C1CCN(CC(=O)NCCCCCCCCCC(N)=O)CC1. The topological polar surface area (TPSA) is 169 Å². The molecule has 1 saturated heterocycles. The number of hydrogen-bond acceptors (Lipinski definition) is 10. The van der Waals surface area contributed by atoms with Gasteiger partial charge in [-0.15, -0.1) is 0 Å². The molecule has 1 aliphatic rings. The zero-order valence-corrected chi connectivity index (χ0v) is 34.0. The number of unbranched alkanes of at least 4 members (excludes halogenated alkanes) is 6. The quantitative estimate of drug-likeness (QED) is 0.0783. The maximum absolute atomic E-state index is 13.0. The van der Waals surface area contributed by atoms with Crippen molar-refractivity contribution in [2.45, 2.75) is 121 Å². The van der Waals surface area contributed by atoms with Crippen molar-refractivity contribution in [1.82, 2.24) is 20.2 Å². The summed E-state index contributed by atoms with van der Waals surface area (Å²) in [6.07, 6.45) is 11.1. The fraction of sp³-hybridized carbons (Fsp3) is 0.550. The predicted octanol–water partition coefficient (Wildman–Crippen LogP) is 7.80. The molecule has 4 rings (SSSR count). The number of nitrogens with zero attached hydrogens (tertiary/aromatic N) is 3. The van der Waals surface area contributed by atoms with E-state index in [1.807, 2.05) is 19.9 Å². The van der Waals surface area contributed by atoms with Crippen LogP contribution in [0.1, 0.15) is 109 Å². The minimum absolute atomic E-state index is 0.0757. The third kappa shape index (κ3) is 12.8. The highest BCUT2D eigenvalue weighted by atomic mass is 35.5. The normalized spacial score (nSPS) is 14.0. The van der Waals surface area contributed by atoms with Gasteiger partial charge in [-0.05, 0) is 115 Å². The molecule has 0 unspecified atom stereocenters. The Labute approximate surface area is 326 Å². The molecule has 0 saturated carbocycles. The van der Waals surface area contributed by atoms with Crippen molar-refractivity contribution in [2.24, 2.45) is 5.73 Å². The number of halogens is 1. The Bertz CT molecular complexity index is 1810. The summed E-state index contributed by atoms with van der Waals surface area (Å²) in [5.74, 6) is 1.39. The van der Waals surface area contributed by atoms with Crippen LogP contribution < -0.4 is 26.4 Å². The number of primary amides is 1. The number of ether oxygens (including phenoxy) is 1. The van der Waals surface area contributed by atoms with Gasteiger partial charge in [0.1, 0.15) is 10.8 Å². The number of nitrogens with two attached hydrogens (primary N) is 1. The van der Waals surface area contributed by atoms with Crippen LogP contribution in [-0.4, -0.2) is 72.6 Å². The summed E-state index contributed by atoms with van der Waals surface area (Å²) < 4.78 is 32.4. The highest BCUT2D eigenvalue weighted by molar-refractivity contribution is 7.92. The van der Waals surface area contributed by atoms with Gasteiger partial charge in [0.15, 0.2) is 15.7 Å². The van der Waals surface area contributed by atoms with Crippen molar-refractivity contribution in [3.63, 3.8) is 0 Å². The minimum atomic E-state index is -3.56. The second-order valence-corrected chi connectivity index (χ2v) is 17.6. The lowest BCUT2D eigenvalue weighted by atomic mass is 9.86. The van der Waals surface area contributed by atoms with Crippen molar-refractivity contribution < 1.29 is 22.7 Å². The smallest absolute Gasteiger partial charge is 0.234 e. The number of hydrogen-bond donors (Lipinski definition) is 4. The number of sulfone groups is 1. The van der Waals surface area contributed by atoms with Gasteiger partial charge in [-0.3, -0.25) is 14.5 Å². The van der Waals surface area contributed by atoms with Crippen LogP contribution in [0.25, 0.3) is 0 Å². The molecule has 1 aromatic heterocycles. The molecule has 2 heterocycles. The molecule has 0 atom stereocenters. The van der Waals surface area contributed by atoms with Crippen LogP contribution in [0.15, 0.2) is 47.5 Å². The molecular formula is C40H58ClN7O5S. The minimum Gasteiger partial charge on any atom is -0.489 e. The Morgan fingerprint density at radius 1 is 0.963 bits per heavy atom. The van der Waals surface area contributed by atoms with Crippen LogP contribution in [0.3, 0.4) is 0 Å². The molecule has 0 aliphatic carbocycles. The predicted molar refractivity (Wildman–Crippen MR) is 217 cm³/mol. The number of benzene rings is 2. The highest BCUT2D eigenvalue weighted by Crippen LogP contribution is 2.38. The van der Waals surface area contributed by atoms with Gasteiger partial charge in [0.25, 0.3) is 0 Å². The molecule has 0 bridgehead atoms. The lowest BCUT2D eigenvalue weighted by Gasteiger charge is -2.33. The van der Waals surface area contributed by atoms with Crippen molar-refractivity contribution >= 4 is 56.4 Å². The molecule has 3 aromatic rings. The van der Waals surface area contributed by atoms with E-state index in [0.29, 0.717) is 42.6 Å². The van der Waals surface area contributed by atoms with Crippen molar-refractivity contribution in [2.75, 3.05) is 36.8 Å². The van der Waals surface area contributed by atoms with Crippen LogP contribution in [0.5, 0.6) is 5.75 Å². The van der Waals surface area contributed by atoms with E-state index in [1.165, 1.54) is 11.8 Å². The number of carbonyl (C=O) groups is 2. The second-order valence-electron chi connectivity index (χ2n) is 14.7. The van der Waals surface area contributed by atoms with E-state index in [9.17, 15) is 18.0 Å². The zero-order valence-electron chi connectivity index (χ0n) is 32.4. The summed E-state index contributed by atoms with van der Waals surface area (Å²) in [7, 11) is -3.56. The maximum Gasteiger partial charge on any atom is 0.234 e. The Balaban J connectivity index is 1.33. The van der Waals surface area contributed by atoms with E-state index in [4.69, 9.17) is 22.1 Å². The van der Waals surface area contributed by atoms with Gasteiger partial charge >= 0.3 is 0 Å². The van der Waals surface area contributed by atoms with E-state index >= 15 is 0 Å². The molecule has 1 fully saturated rings. The van der Waals surface area contributed by atoms with Crippen molar-refractivity contribution in [3.8, 4) is 5.75 Å². The molecule has 1 aliphatic heterocycles. The van der Waals surface area contributed by atoms with E-state index in [-0.39, 0.29) is 39.6 Å². The van der Waals surface area contributed by atoms with E-state index in [2.05, 4.69) is 43.8 Å². The Morgan fingerprint density at radius 3 is 2.30 bits per heavy atom. The van der Waals surface area contributed by atoms with E-state index in [0.717, 1.165) is 76.4 Å². The first-order valence-electron chi connectivity index (χ1n) is 19.2. The maximum atomic E-state index is 13.0. The fourth-order valence-corrected chi connectivity index (χ4v) is 7.96. The Hall–Kier alpha value is -3.94. The first-order valence-corrected chi connectivity index (χ1v) is 21.1.